The van der Waals surface area contributed by atoms with E-state index >= 15 is 0 Å². The van der Waals surface area contributed by atoms with E-state index in [1.165, 1.54) is 0 Å². The molecule has 0 spiro atoms. The third-order valence-electron chi connectivity index (χ3n) is 3.60. The lowest BCUT2D eigenvalue weighted by Gasteiger charge is -2.16. The Morgan fingerprint density at radius 3 is 2.15 bits per heavy atom. The van der Waals surface area contributed by atoms with Gasteiger partial charge in [0, 0.05) is 27.3 Å². The Hall–Kier alpha value is -2.24. The number of halogens is 2. The molecule has 138 valence electrons. The lowest BCUT2D eigenvalue weighted by molar-refractivity contribution is 0.0940. The van der Waals surface area contributed by atoms with Crippen molar-refractivity contribution in [1.82, 2.24) is 10.6 Å². The molecule has 2 aromatic carbocycles. The maximum Gasteiger partial charge on any atom is 0.319 e. The van der Waals surface area contributed by atoms with Crippen LogP contribution < -0.4 is 16.0 Å². The molecule has 0 heterocycles. The number of benzene rings is 2. The van der Waals surface area contributed by atoms with Gasteiger partial charge in [-0.05, 0) is 62.7 Å². The molecule has 3 amide bonds. The summed E-state index contributed by atoms with van der Waals surface area (Å²) in [5, 5.41) is 9.38. The second-order valence-electron chi connectivity index (χ2n) is 6.19. The molecule has 2 aromatic rings. The fourth-order valence-electron chi connectivity index (χ4n) is 2.34. The van der Waals surface area contributed by atoms with Crippen LogP contribution in [0.2, 0.25) is 10.0 Å². The van der Waals surface area contributed by atoms with Gasteiger partial charge in [0.05, 0.1) is 6.04 Å². The SMILES string of the molecule is CC(C)NC(=O)Nc1ccc(C(=O)NC(C)c2ccc(Cl)cc2Cl)cc1. The summed E-state index contributed by atoms with van der Waals surface area (Å²) in [6.45, 7) is 5.60. The van der Waals surface area contributed by atoms with E-state index in [-0.39, 0.29) is 24.0 Å². The molecular weight excluding hydrogens is 373 g/mol. The zero-order valence-corrected chi connectivity index (χ0v) is 16.3. The third kappa shape index (κ3) is 5.64. The average molecular weight is 394 g/mol. The Balaban J connectivity index is 2.00. The molecule has 26 heavy (non-hydrogen) atoms. The average Bonchev–Trinajstić information content (AvgIpc) is 2.54. The maximum atomic E-state index is 12.4. The minimum Gasteiger partial charge on any atom is -0.345 e. The van der Waals surface area contributed by atoms with Crippen LogP contribution in [-0.2, 0) is 0 Å². The van der Waals surface area contributed by atoms with Crippen molar-refractivity contribution < 1.29 is 9.59 Å². The largest absolute Gasteiger partial charge is 0.345 e. The van der Waals surface area contributed by atoms with Crippen molar-refractivity contribution in [2.45, 2.75) is 32.9 Å². The van der Waals surface area contributed by atoms with E-state index in [1.54, 1.807) is 42.5 Å². The Bertz CT molecular complexity index is 792. The lowest BCUT2D eigenvalue weighted by atomic mass is 10.1. The molecule has 0 radical (unpaired) electrons. The highest BCUT2D eigenvalue weighted by atomic mass is 35.5. The lowest BCUT2D eigenvalue weighted by Crippen LogP contribution is -2.34. The minimum atomic E-state index is -0.289. The molecule has 0 aromatic heterocycles. The molecule has 0 saturated heterocycles. The second-order valence-corrected chi connectivity index (χ2v) is 7.04. The van der Waals surface area contributed by atoms with Crippen LogP contribution >= 0.6 is 23.2 Å². The van der Waals surface area contributed by atoms with Crippen LogP contribution in [0.5, 0.6) is 0 Å². The Labute approximate surface area is 163 Å². The first kappa shape index (κ1) is 20.1. The van der Waals surface area contributed by atoms with E-state index in [1.807, 2.05) is 20.8 Å². The van der Waals surface area contributed by atoms with E-state index in [4.69, 9.17) is 23.2 Å². The van der Waals surface area contributed by atoms with Gasteiger partial charge in [0.25, 0.3) is 5.91 Å². The van der Waals surface area contributed by atoms with Crippen molar-refractivity contribution in [1.29, 1.82) is 0 Å². The van der Waals surface area contributed by atoms with Crippen molar-refractivity contribution in [3.05, 3.63) is 63.6 Å². The van der Waals surface area contributed by atoms with E-state index in [0.717, 1.165) is 5.56 Å². The molecule has 0 bridgehead atoms. The first-order chi connectivity index (χ1) is 12.3. The normalized spacial score (nSPS) is 11.8. The Morgan fingerprint density at radius 1 is 0.923 bits per heavy atom. The van der Waals surface area contributed by atoms with Crippen LogP contribution in [0.25, 0.3) is 0 Å². The maximum absolute atomic E-state index is 12.4. The van der Waals surface area contributed by atoms with Gasteiger partial charge in [-0.25, -0.2) is 4.79 Å². The number of urea groups is 1. The molecule has 1 unspecified atom stereocenters. The van der Waals surface area contributed by atoms with E-state index < -0.39 is 0 Å². The number of nitrogens with one attached hydrogen (secondary N) is 3. The second kappa shape index (κ2) is 8.92. The standard InChI is InChI=1S/C19H21Cl2N3O2/c1-11(2)22-19(26)24-15-7-4-13(5-8-15)18(25)23-12(3)16-9-6-14(20)10-17(16)21/h4-12H,1-3H3,(H,23,25)(H2,22,24,26). The molecular formula is C19H21Cl2N3O2. The highest BCUT2D eigenvalue weighted by Crippen LogP contribution is 2.26. The highest BCUT2D eigenvalue weighted by Gasteiger charge is 2.14. The molecule has 7 heteroatoms. The van der Waals surface area contributed by atoms with Crippen molar-refractivity contribution in [3.63, 3.8) is 0 Å². The number of carbonyl (C=O) groups is 2. The number of amides is 3. The Morgan fingerprint density at radius 2 is 1.58 bits per heavy atom. The van der Waals surface area contributed by atoms with Crippen molar-refractivity contribution in [3.8, 4) is 0 Å². The van der Waals surface area contributed by atoms with Crippen molar-refractivity contribution in [2.24, 2.45) is 0 Å². The molecule has 0 aliphatic carbocycles. The van der Waals surface area contributed by atoms with Crippen LogP contribution in [0, 0.1) is 0 Å². The summed E-state index contributed by atoms with van der Waals surface area (Å²) >= 11 is 12.1. The predicted octanol–water partition coefficient (Wildman–Crippen LogP) is 5.01. The summed E-state index contributed by atoms with van der Waals surface area (Å²) < 4.78 is 0. The van der Waals surface area contributed by atoms with Crippen molar-refractivity contribution >= 4 is 40.8 Å². The van der Waals surface area contributed by atoms with Gasteiger partial charge in [-0.3, -0.25) is 4.79 Å². The van der Waals surface area contributed by atoms with Gasteiger partial charge in [-0.1, -0.05) is 29.3 Å². The van der Waals surface area contributed by atoms with Crippen LogP contribution in [0.15, 0.2) is 42.5 Å². The van der Waals surface area contributed by atoms with Crippen LogP contribution in [0.1, 0.15) is 42.7 Å². The number of anilines is 1. The molecule has 0 saturated carbocycles. The monoisotopic (exact) mass is 393 g/mol. The van der Waals surface area contributed by atoms with Crippen LogP contribution in [0.4, 0.5) is 10.5 Å². The third-order valence-corrected chi connectivity index (χ3v) is 4.16. The topological polar surface area (TPSA) is 70.2 Å². The van der Waals surface area contributed by atoms with Gasteiger partial charge in [0.2, 0.25) is 0 Å². The first-order valence-electron chi connectivity index (χ1n) is 8.19. The van der Waals surface area contributed by atoms with Crippen LogP contribution in [0.3, 0.4) is 0 Å². The van der Waals surface area contributed by atoms with E-state index in [2.05, 4.69) is 16.0 Å². The molecule has 2 rings (SSSR count). The Kier molecular flexibility index (Phi) is 6.89. The molecule has 0 aliphatic rings. The zero-order valence-electron chi connectivity index (χ0n) is 14.8. The van der Waals surface area contributed by atoms with Gasteiger partial charge in [-0.15, -0.1) is 0 Å². The fourth-order valence-corrected chi connectivity index (χ4v) is 2.92. The summed E-state index contributed by atoms with van der Waals surface area (Å²) in [6.07, 6.45) is 0. The van der Waals surface area contributed by atoms with Gasteiger partial charge >= 0.3 is 6.03 Å². The fraction of sp³-hybridized carbons (Fsp3) is 0.263. The zero-order chi connectivity index (χ0) is 19.3. The summed E-state index contributed by atoms with van der Waals surface area (Å²) in [5.74, 6) is -0.235. The number of carbonyl (C=O) groups excluding carboxylic acids is 2. The molecule has 0 fully saturated rings. The summed E-state index contributed by atoms with van der Waals surface area (Å²) in [7, 11) is 0. The quantitative estimate of drug-likeness (QED) is 0.667. The van der Waals surface area contributed by atoms with E-state index in [0.29, 0.717) is 21.3 Å². The van der Waals surface area contributed by atoms with E-state index in [9.17, 15) is 9.59 Å². The summed E-state index contributed by atoms with van der Waals surface area (Å²) in [5.41, 5.74) is 1.87. The van der Waals surface area contributed by atoms with Gasteiger partial charge in [0.15, 0.2) is 0 Å². The van der Waals surface area contributed by atoms with Gasteiger partial charge in [-0.2, -0.15) is 0 Å². The number of hydrogen-bond donors (Lipinski definition) is 3. The highest BCUT2D eigenvalue weighted by molar-refractivity contribution is 6.35. The van der Waals surface area contributed by atoms with Gasteiger partial charge in [0.1, 0.15) is 0 Å². The first-order valence-corrected chi connectivity index (χ1v) is 8.95. The molecule has 5 nitrogen and oxygen atoms in total. The van der Waals surface area contributed by atoms with Crippen LogP contribution in [-0.4, -0.2) is 18.0 Å². The summed E-state index contributed by atoms with van der Waals surface area (Å²) in [4.78, 5) is 24.1. The number of hydrogen-bond acceptors (Lipinski definition) is 2. The predicted molar refractivity (Wildman–Crippen MR) is 106 cm³/mol. The smallest absolute Gasteiger partial charge is 0.319 e. The number of rotatable bonds is 5. The summed E-state index contributed by atoms with van der Waals surface area (Å²) in [6, 6.07) is 11.3. The van der Waals surface area contributed by atoms with Gasteiger partial charge < -0.3 is 16.0 Å². The minimum absolute atomic E-state index is 0.0428. The molecule has 3 N–H and O–H groups in total. The molecule has 0 aliphatic heterocycles. The molecule has 1 atom stereocenters. The van der Waals surface area contributed by atoms with Crippen molar-refractivity contribution in [2.75, 3.05) is 5.32 Å².